The fourth-order valence-electron chi connectivity index (χ4n) is 2.39. The first kappa shape index (κ1) is 17.8. The van der Waals surface area contributed by atoms with E-state index in [4.69, 9.17) is 32.7 Å². The average Bonchev–Trinajstić information content (AvgIpc) is 2.50. The number of hydrogen-bond donors (Lipinski definition) is 2. The third kappa shape index (κ3) is 5.57. The molecule has 2 N–H and O–H groups in total. The first-order valence-corrected chi connectivity index (χ1v) is 7.90. The second kappa shape index (κ2) is 8.38. The van der Waals surface area contributed by atoms with Crippen molar-refractivity contribution in [2.45, 2.75) is 18.9 Å². The molecule has 1 aromatic rings. The summed E-state index contributed by atoms with van der Waals surface area (Å²) in [6, 6.07) is 3.59. The number of carbonyl (C=O) groups is 2. The van der Waals surface area contributed by atoms with Crippen molar-refractivity contribution >= 4 is 35.1 Å². The quantitative estimate of drug-likeness (QED) is 0.812. The van der Waals surface area contributed by atoms with Gasteiger partial charge >= 0.3 is 5.97 Å². The van der Waals surface area contributed by atoms with Crippen LogP contribution in [0.25, 0.3) is 0 Å². The predicted molar refractivity (Wildman–Crippen MR) is 85.1 cm³/mol. The van der Waals surface area contributed by atoms with Crippen LogP contribution in [-0.2, 0) is 14.3 Å². The van der Waals surface area contributed by atoms with Crippen molar-refractivity contribution in [3.63, 3.8) is 0 Å². The third-order valence-electron chi connectivity index (χ3n) is 3.46. The molecule has 1 fully saturated rings. The van der Waals surface area contributed by atoms with E-state index in [2.05, 4.69) is 5.32 Å². The highest BCUT2D eigenvalue weighted by atomic mass is 35.5. The highest BCUT2D eigenvalue weighted by molar-refractivity contribution is 6.34. The van der Waals surface area contributed by atoms with Gasteiger partial charge in [0.25, 0.3) is 5.91 Å². The number of carboxylic acid groups (broad SMARTS) is 1. The van der Waals surface area contributed by atoms with E-state index < -0.39 is 17.9 Å². The lowest BCUT2D eigenvalue weighted by Gasteiger charge is -2.28. The summed E-state index contributed by atoms with van der Waals surface area (Å²) >= 11 is 11.7. The molecular weight excluding hydrogens is 345 g/mol. The van der Waals surface area contributed by atoms with Gasteiger partial charge in [-0.3, -0.25) is 4.79 Å². The third-order valence-corrected chi connectivity index (χ3v) is 3.89. The summed E-state index contributed by atoms with van der Waals surface area (Å²) in [5.74, 6) is -1.52. The van der Waals surface area contributed by atoms with Crippen LogP contribution in [0.2, 0.25) is 10.0 Å². The Morgan fingerprint density at radius 1 is 1.35 bits per heavy atom. The second-order valence-corrected chi connectivity index (χ2v) is 6.13. The van der Waals surface area contributed by atoms with Crippen molar-refractivity contribution in [2.24, 2.45) is 5.92 Å². The Bertz CT molecular complexity index is 555. The SMILES string of the molecule is O=C(COc1cc(Cl)cc(Cl)c1)NC(C(=O)O)C1CCCOC1. The molecule has 1 aliphatic rings. The molecule has 1 heterocycles. The van der Waals surface area contributed by atoms with E-state index in [0.29, 0.717) is 35.4 Å². The number of carbonyl (C=O) groups excluding carboxylic acids is 1. The Morgan fingerprint density at radius 2 is 2.04 bits per heavy atom. The van der Waals surface area contributed by atoms with Gasteiger partial charge in [0.15, 0.2) is 6.61 Å². The summed E-state index contributed by atoms with van der Waals surface area (Å²) in [7, 11) is 0. The zero-order valence-corrected chi connectivity index (χ0v) is 13.8. The molecule has 0 saturated carbocycles. The molecule has 0 bridgehead atoms. The fourth-order valence-corrected chi connectivity index (χ4v) is 2.89. The van der Waals surface area contributed by atoms with Gasteiger partial charge in [-0.25, -0.2) is 4.79 Å². The number of benzene rings is 1. The minimum atomic E-state index is -1.08. The van der Waals surface area contributed by atoms with Gasteiger partial charge in [-0.15, -0.1) is 0 Å². The van der Waals surface area contributed by atoms with Crippen LogP contribution in [0.4, 0.5) is 0 Å². The molecule has 1 saturated heterocycles. The number of rotatable bonds is 6. The Balaban J connectivity index is 1.89. The van der Waals surface area contributed by atoms with E-state index in [-0.39, 0.29) is 12.5 Å². The molecule has 1 amide bonds. The van der Waals surface area contributed by atoms with Gasteiger partial charge in [-0.1, -0.05) is 23.2 Å². The maximum Gasteiger partial charge on any atom is 0.326 e. The number of hydrogen-bond acceptors (Lipinski definition) is 4. The van der Waals surface area contributed by atoms with Gasteiger partial charge in [-0.05, 0) is 31.0 Å². The number of ether oxygens (including phenoxy) is 2. The lowest BCUT2D eigenvalue weighted by atomic mass is 9.94. The summed E-state index contributed by atoms with van der Waals surface area (Å²) in [5.41, 5.74) is 0. The van der Waals surface area contributed by atoms with Crippen LogP contribution in [0, 0.1) is 5.92 Å². The summed E-state index contributed by atoms with van der Waals surface area (Å²) in [6.45, 7) is 0.617. The van der Waals surface area contributed by atoms with Crippen molar-refractivity contribution in [3.8, 4) is 5.75 Å². The molecule has 8 heteroatoms. The van der Waals surface area contributed by atoms with Gasteiger partial charge in [0.1, 0.15) is 11.8 Å². The van der Waals surface area contributed by atoms with Crippen LogP contribution in [0.15, 0.2) is 18.2 Å². The van der Waals surface area contributed by atoms with E-state index in [1.807, 2.05) is 0 Å². The normalized spacial score (nSPS) is 19.0. The van der Waals surface area contributed by atoms with Crippen LogP contribution >= 0.6 is 23.2 Å². The van der Waals surface area contributed by atoms with Crippen LogP contribution in [0.3, 0.4) is 0 Å². The maximum absolute atomic E-state index is 11.9. The molecule has 0 spiro atoms. The van der Waals surface area contributed by atoms with Crippen molar-refractivity contribution in [1.82, 2.24) is 5.32 Å². The average molecular weight is 362 g/mol. The molecule has 0 aliphatic carbocycles. The van der Waals surface area contributed by atoms with Gasteiger partial charge < -0.3 is 19.9 Å². The first-order chi connectivity index (χ1) is 11.0. The number of carboxylic acids is 1. The molecule has 1 aliphatic heterocycles. The first-order valence-electron chi connectivity index (χ1n) is 7.14. The Hall–Kier alpha value is -1.50. The van der Waals surface area contributed by atoms with Gasteiger partial charge in [0.05, 0.1) is 6.61 Å². The largest absolute Gasteiger partial charge is 0.484 e. The standard InChI is InChI=1S/C15H17Cl2NO5/c16-10-4-11(17)6-12(5-10)23-8-13(19)18-14(15(20)21)9-2-1-3-22-7-9/h4-6,9,14H,1-3,7-8H2,(H,18,19)(H,20,21). The smallest absolute Gasteiger partial charge is 0.326 e. The van der Waals surface area contributed by atoms with E-state index in [0.717, 1.165) is 6.42 Å². The zero-order chi connectivity index (χ0) is 16.8. The number of amides is 1. The van der Waals surface area contributed by atoms with E-state index >= 15 is 0 Å². The monoisotopic (exact) mass is 361 g/mol. The topological polar surface area (TPSA) is 84.9 Å². The van der Waals surface area contributed by atoms with Crippen LogP contribution in [-0.4, -0.2) is 42.8 Å². The molecule has 2 rings (SSSR count). The highest BCUT2D eigenvalue weighted by Gasteiger charge is 2.31. The van der Waals surface area contributed by atoms with Gasteiger partial charge in [0, 0.05) is 22.6 Å². The Labute approximate surface area is 143 Å². The molecule has 2 atom stereocenters. The van der Waals surface area contributed by atoms with Crippen molar-refractivity contribution in [3.05, 3.63) is 28.2 Å². The van der Waals surface area contributed by atoms with E-state index in [9.17, 15) is 14.7 Å². The predicted octanol–water partition coefficient (Wildman–Crippen LogP) is 2.37. The lowest BCUT2D eigenvalue weighted by molar-refractivity contribution is -0.145. The molecular formula is C15H17Cl2NO5. The van der Waals surface area contributed by atoms with E-state index in [1.54, 1.807) is 6.07 Å². The van der Waals surface area contributed by atoms with Gasteiger partial charge in [0.2, 0.25) is 0 Å². The Kier molecular flexibility index (Phi) is 6.50. The summed E-state index contributed by atoms with van der Waals surface area (Å²) < 4.78 is 10.6. The number of halogens is 2. The molecule has 1 aromatic carbocycles. The molecule has 23 heavy (non-hydrogen) atoms. The van der Waals surface area contributed by atoms with Crippen molar-refractivity contribution < 1.29 is 24.2 Å². The summed E-state index contributed by atoms with van der Waals surface area (Å²) in [6.07, 6.45) is 1.48. The number of aliphatic carboxylic acids is 1. The molecule has 6 nitrogen and oxygen atoms in total. The van der Waals surface area contributed by atoms with Crippen LogP contribution in [0.5, 0.6) is 5.75 Å². The Morgan fingerprint density at radius 3 is 2.61 bits per heavy atom. The fraction of sp³-hybridized carbons (Fsp3) is 0.467. The van der Waals surface area contributed by atoms with Crippen molar-refractivity contribution in [2.75, 3.05) is 19.8 Å². The molecule has 126 valence electrons. The zero-order valence-electron chi connectivity index (χ0n) is 12.3. The second-order valence-electron chi connectivity index (χ2n) is 5.25. The maximum atomic E-state index is 11.9. The summed E-state index contributed by atoms with van der Waals surface area (Å²) in [5, 5.41) is 12.5. The minimum absolute atomic E-state index is 0.245. The highest BCUT2D eigenvalue weighted by Crippen LogP contribution is 2.24. The van der Waals surface area contributed by atoms with Crippen molar-refractivity contribution in [1.29, 1.82) is 0 Å². The van der Waals surface area contributed by atoms with E-state index in [1.165, 1.54) is 12.1 Å². The molecule has 2 unspecified atom stereocenters. The number of nitrogens with one attached hydrogen (secondary N) is 1. The summed E-state index contributed by atoms with van der Waals surface area (Å²) in [4.78, 5) is 23.3. The molecule has 0 aromatic heterocycles. The van der Waals surface area contributed by atoms with Crippen LogP contribution < -0.4 is 10.1 Å². The van der Waals surface area contributed by atoms with Gasteiger partial charge in [-0.2, -0.15) is 0 Å². The molecule has 0 radical (unpaired) electrons. The van der Waals surface area contributed by atoms with Crippen LogP contribution in [0.1, 0.15) is 12.8 Å². The lowest BCUT2D eigenvalue weighted by Crippen LogP contribution is -2.49. The minimum Gasteiger partial charge on any atom is -0.484 e.